The van der Waals surface area contributed by atoms with Crippen molar-refractivity contribution in [2.24, 2.45) is 4.99 Å². The van der Waals surface area contributed by atoms with Gasteiger partial charge in [0.1, 0.15) is 12.4 Å². The second-order valence-corrected chi connectivity index (χ2v) is 11.8. The molecule has 0 bridgehead atoms. The first kappa shape index (κ1) is 29.6. The van der Waals surface area contributed by atoms with Crippen molar-refractivity contribution in [3.63, 3.8) is 0 Å². The van der Waals surface area contributed by atoms with Gasteiger partial charge in [-0.2, -0.15) is 0 Å². The molecule has 0 radical (unpaired) electrons. The smallest absolute Gasteiger partial charge is 0.338 e. The van der Waals surface area contributed by atoms with Crippen LogP contribution in [0.3, 0.4) is 0 Å². The number of thiazole rings is 1. The van der Waals surface area contributed by atoms with Gasteiger partial charge < -0.3 is 9.47 Å². The highest BCUT2D eigenvalue weighted by Gasteiger charge is 2.35. The Hall–Kier alpha value is -4.43. The van der Waals surface area contributed by atoms with E-state index in [1.165, 1.54) is 11.3 Å². The maximum atomic E-state index is 14.2. The highest BCUT2D eigenvalue weighted by Crippen LogP contribution is 2.35. The summed E-state index contributed by atoms with van der Waals surface area (Å²) in [6.45, 7) is 2.22. The first-order valence-corrected chi connectivity index (χ1v) is 15.5. The number of nitrogens with zero attached hydrogens (tertiary/aromatic N) is 2. The second-order valence-electron chi connectivity index (χ2n) is 9.94. The highest BCUT2D eigenvalue weighted by molar-refractivity contribution is 7.07. The van der Waals surface area contributed by atoms with Gasteiger partial charge >= 0.3 is 5.97 Å². The standard InChI is InChI=1S/C35H26Cl2N2O4S/c1-2-42-34(41)30-31(23-11-5-3-6-12-23)38-35-39(32(30)24-13-7-4-8-14-24)33(40)29(44-35)20-25-19-27(37)16-17-28(25)43-21-22-10-9-15-26(36)18-22/h3-20,32H,2,21H2,1H3/b29-20-/t32-/m0/s1. The summed E-state index contributed by atoms with van der Waals surface area (Å²) in [5.41, 5.74) is 3.53. The van der Waals surface area contributed by atoms with E-state index in [-0.39, 0.29) is 18.8 Å². The van der Waals surface area contributed by atoms with E-state index in [9.17, 15) is 9.59 Å². The molecule has 2 heterocycles. The molecule has 1 aliphatic heterocycles. The van der Waals surface area contributed by atoms with Crippen LogP contribution >= 0.6 is 34.5 Å². The van der Waals surface area contributed by atoms with E-state index >= 15 is 0 Å². The minimum absolute atomic E-state index is 0.184. The van der Waals surface area contributed by atoms with Crippen molar-refractivity contribution in [2.75, 3.05) is 6.61 Å². The fraction of sp³-hybridized carbons (Fsp3) is 0.114. The van der Waals surface area contributed by atoms with Crippen molar-refractivity contribution in [1.29, 1.82) is 0 Å². The Kier molecular flexibility index (Phi) is 8.79. The molecule has 1 aromatic heterocycles. The first-order chi connectivity index (χ1) is 21.4. The Morgan fingerprint density at radius 3 is 2.39 bits per heavy atom. The summed E-state index contributed by atoms with van der Waals surface area (Å²) in [5.74, 6) is 0.0294. The Balaban J connectivity index is 1.53. The maximum Gasteiger partial charge on any atom is 0.338 e. The number of carbonyl (C=O) groups is 1. The molecule has 4 aromatic carbocycles. The molecule has 9 heteroatoms. The Labute approximate surface area is 267 Å². The fourth-order valence-corrected chi connectivity index (χ4v) is 6.47. The van der Waals surface area contributed by atoms with Gasteiger partial charge in [0.15, 0.2) is 4.80 Å². The summed E-state index contributed by atoms with van der Waals surface area (Å²) in [7, 11) is 0. The summed E-state index contributed by atoms with van der Waals surface area (Å²) in [6, 6.07) is 30.8. The lowest BCUT2D eigenvalue weighted by atomic mass is 9.93. The van der Waals surface area contributed by atoms with Crippen molar-refractivity contribution in [2.45, 2.75) is 19.6 Å². The van der Waals surface area contributed by atoms with Crippen LogP contribution in [0.15, 0.2) is 118 Å². The predicted molar refractivity (Wildman–Crippen MR) is 175 cm³/mol. The van der Waals surface area contributed by atoms with Crippen LogP contribution in [-0.4, -0.2) is 17.1 Å². The lowest BCUT2D eigenvalue weighted by Gasteiger charge is -2.25. The monoisotopic (exact) mass is 640 g/mol. The van der Waals surface area contributed by atoms with Crippen molar-refractivity contribution < 1.29 is 14.3 Å². The Morgan fingerprint density at radius 1 is 0.932 bits per heavy atom. The molecule has 1 atom stereocenters. The van der Waals surface area contributed by atoms with E-state index in [4.69, 9.17) is 37.7 Å². The largest absolute Gasteiger partial charge is 0.488 e. The van der Waals surface area contributed by atoms with Crippen LogP contribution in [0.5, 0.6) is 5.75 Å². The summed E-state index contributed by atoms with van der Waals surface area (Å²) in [6.07, 6.45) is 1.75. The number of esters is 1. The van der Waals surface area contributed by atoms with Gasteiger partial charge in [0.25, 0.3) is 5.56 Å². The zero-order valence-corrected chi connectivity index (χ0v) is 25.9. The maximum absolute atomic E-state index is 14.2. The number of hydrogen-bond donors (Lipinski definition) is 0. The topological polar surface area (TPSA) is 69.9 Å². The van der Waals surface area contributed by atoms with Gasteiger partial charge in [-0.05, 0) is 54.5 Å². The number of hydrogen-bond acceptors (Lipinski definition) is 6. The molecule has 5 aromatic rings. The van der Waals surface area contributed by atoms with Gasteiger partial charge in [0.05, 0.1) is 28.5 Å². The molecule has 6 rings (SSSR count). The number of carbonyl (C=O) groups excluding carboxylic acids is 1. The molecule has 0 unspecified atom stereocenters. The molecule has 0 saturated carbocycles. The van der Waals surface area contributed by atoms with E-state index in [2.05, 4.69) is 0 Å². The fourth-order valence-electron chi connectivity index (χ4n) is 5.08. The first-order valence-electron chi connectivity index (χ1n) is 13.9. The molecule has 0 aliphatic carbocycles. The third kappa shape index (κ3) is 6.13. The highest BCUT2D eigenvalue weighted by atomic mass is 35.5. The van der Waals surface area contributed by atoms with Crippen molar-refractivity contribution in [3.8, 4) is 5.75 Å². The lowest BCUT2D eigenvalue weighted by Crippen LogP contribution is -2.40. The number of ether oxygens (including phenoxy) is 2. The molecule has 1 aliphatic rings. The lowest BCUT2D eigenvalue weighted by molar-refractivity contribution is -0.138. The average molecular weight is 642 g/mol. The predicted octanol–water partition coefficient (Wildman–Crippen LogP) is 6.82. The van der Waals surface area contributed by atoms with E-state index in [1.807, 2.05) is 78.9 Å². The molecular formula is C35H26Cl2N2O4S. The van der Waals surface area contributed by atoms with Crippen LogP contribution in [-0.2, 0) is 16.1 Å². The third-order valence-corrected chi connectivity index (χ3v) is 8.48. The minimum atomic E-state index is -0.748. The van der Waals surface area contributed by atoms with E-state index in [1.54, 1.807) is 41.8 Å². The minimum Gasteiger partial charge on any atom is -0.488 e. The van der Waals surface area contributed by atoms with E-state index in [0.29, 0.717) is 42.0 Å². The summed E-state index contributed by atoms with van der Waals surface area (Å²) >= 11 is 13.8. The Bertz CT molecular complexity index is 2050. The molecule has 0 saturated heterocycles. The second kappa shape index (κ2) is 13.1. The van der Waals surface area contributed by atoms with Gasteiger partial charge in [-0.15, -0.1) is 0 Å². The SMILES string of the molecule is CCOC(=O)C1=C(c2ccccc2)N=c2s/c(=C\c3cc(Cl)ccc3OCc3cccc(Cl)c3)c(=O)n2[C@H]1c1ccccc1. The molecule has 6 nitrogen and oxygen atoms in total. The molecular weight excluding hydrogens is 615 g/mol. The number of benzene rings is 4. The molecule has 0 spiro atoms. The van der Waals surface area contributed by atoms with Crippen LogP contribution in [0, 0.1) is 0 Å². The van der Waals surface area contributed by atoms with E-state index < -0.39 is 12.0 Å². The average Bonchev–Trinajstić information content (AvgIpc) is 3.35. The van der Waals surface area contributed by atoms with Crippen molar-refractivity contribution in [1.82, 2.24) is 4.57 Å². The molecule has 0 amide bonds. The number of aromatic nitrogens is 1. The molecule has 0 fully saturated rings. The van der Waals surface area contributed by atoms with Gasteiger partial charge in [-0.1, -0.05) is 107 Å². The molecule has 220 valence electrons. The molecule has 44 heavy (non-hydrogen) atoms. The zero-order valence-electron chi connectivity index (χ0n) is 23.6. The number of fused-ring (bicyclic) bond motifs is 1. The van der Waals surface area contributed by atoms with Gasteiger partial charge in [0, 0.05) is 21.2 Å². The third-order valence-electron chi connectivity index (χ3n) is 7.03. The van der Waals surface area contributed by atoms with E-state index in [0.717, 1.165) is 16.7 Å². The van der Waals surface area contributed by atoms with Crippen LogP contribution in [0.1, 0.15) is 35.2 Å². The van der Waals surface area contributed by atoms with Crippen LogP contribution < -0.4 is 19.6 Å². The van der Waals surface area contributed by atoms with Crippen LogP contribution in [0.25, 0.3) is 11.8 Å². The number of halogens is 2. The zero-order chi connectivity index (χ0) is 30.6. The van der Waals surface area contributed by atoms with Crippen molar-refractivity contribution in [3.05, 3.63) is 161 Å². The van der Waals surface area contributed by atoms with Gasteiger partial charge in [-0.25, -0.2) is 9.79 Å². The van der Waals surface area contributed by atoms with Gasteiger partial charge in [0.2, 0.25) is 0 Å². The van der Waals surface area contributed by atoms with Gasteiger partial charge in [-0.3, -0.25) is 9.36 Å². The summed E-state index contributed by atoms with van der Waals surface area (Å²) < 4.78 is 13.7. The van der Waals surface area contributed by atoms with Crippen LogP contribution in [0.2, 0.25) is 10.0 Å². The van der Waals surface area contributed by atoms with Crippen molar-refractivity contribution >= 4 is 52.3 Å². The Morgan fingerprint density at radius 2 is 1.66 bits per heavy atom. The number of rotatable bonds is 8. The molecule has 0 N–H and O–H groups in total. The quantitative estimate of drug-likeness (QED) is 0.175. The van der Waals surface area contributed by atoms with Crippen LogP contribution in [0.4, 0.5) is 0 Å². The normalized spacial score (nSPS) is 14.6. The summed E-state index contributed by atoms with van der Waals surface area (Å²) in [5, 5.41) is 1.12. The summed E-state index contributed by atoms with van der Waals surface area (Å²) in [4.78, 5) is 33.1.